The van der Waals surface area contributed by atoms with E-state index in [0.29, 0.717) is 32.2 Å². The maximum Gasteiger partial charge on any atom is 0.417 e. The molecule has 1 aromatic rings. The van der Waals surface area contributed by atoms with Gasteiger partial charge in [-0.2, -0.15) is 31.6 Å². The van der Waals surface area contributed by atoms with Gasteiger partial charge in [-0.05, 0) is 38.0 Å². The molecule has 2 saturated heterocycles. The number of nitriles is 1. The Balaban J connectivity index is 1.84. The first-order valence-corrected chi connectivity index (χ1v) is 10.3. The average Bonchev–Trinajstić information content (AvgIpc) is 3.18. The van der Waals surface area contributed by atoms with Crippen LogP contribution in [0, 0.1) is 11.3 Å². The number of carbonyl (C=O) groups is 1. The van der Waals surface area contributed by atoms with Gasteiger partial charge in [-0.3, -0.25) is 15.0 Å². The molecule has 1 N–H and O–H groups in total. The molecule has 0 aromatic heterocycles. The van der Waals surface area contributed by atoms with Crippen LogP contribution in [0.25, 0.3) is 0 Å². The highest BCUT2D eigenvalue weighted by atomic mass is 19.4. The van der Waals surface area contributed by atoms with E-state index >= 15 is 0 Å². The van der Waals surface area contributed by atoms with Gasteiger partial charge in [-0.25, -0.2) is 0 Å². The zero-order valence-electron chi connectivity index (χ0n) is 17.6. The molecule has 2 aliphatic heterocycles. The molecule has 11 heteroatoms. The molecule has 2 fully saturated rings. The van der Waals surface area contributed by atoms with Crippen molar-refractivity contribution < 1.29 is 31.1 Å². The standard InChI is InChI=1S/C21H24F6N4O/c1-12(2)30-5-7-31(8-6-30)19(32)17-10-15(18(29-17)21(25,26)27)13-3-4-14(11-28)16(9-13)20(22,23)24/h3-4,9,12,15,17-18,29H,5-8,10H2,1-2H3. The second kappa shape index (κ2) is 8.90. The highest BCUT2D eigenvalue weighted by Gasteiger charge is 2.53. The molecule has 1 amide bonds. The van der Waals surface area contributed by atoms with Crippen molar-refractivity contribution in [2.75, 3.05) is 26.2 Å². The van der Waals surface area contributed by atoms with Crippen molar-refractivity contribution in [1.82, 2.24) is 15.1 Å². The maximum atomic E-state index is 13.7. The van der Waals surface area contributed by atoms with E-state index in [0.717, 1.165) is 12.1 Å². The van der Waals surface area contributed by atoms with E-state index in [-0.39, 0.29) is 18.0 Å². The molecule has 0 saturated carbocycles. The lowest BCUT2D eigenvalue weighted by Gasteiger charge is -2.38. The van der Waals surface area contributed by atoms with E-state index in [2.05, 4.69) is 10.2 Å². The van der Waals surface area contributed by atoms with E-state index in [9.17, 15) is 31.1 Å². The van der Waals surface area contributed by atoms with Gasteiger partial charge in [-0.1, -0.05) is 6.07 Å². The molecule has 0 spiro atoms. The van der Waals surface area contributed by atoms with Gasteiger partial charge in [0.05, 0.1) is 23.2 Å². The summed E-state index contributed by atoms with van der Waals surface area (Å²) in [5, 5.41) is 11.3. The Morgan fingerprint density at radius 2 is 1.75 bits per heavy atom. The van der Waals surface area contributed by atoms with Crippen molar-refractivity contribution in [3.63, 3.8) is 0 Å². The van der Waals surface area contributed by atoms with Crippen LogP contribution in [0.1, 0.15) is 42.9 Å². The Morgan fingerprint density at radius 1 is 1.12 bits per heavy atom. The average molecular weight is 462 g/mol. The zero-order valence-corrected chi connectivity index (χ0v) is 17.6. The van der Waals surface area contributed by atoms with Crippen molar-refractivity contribution in [3.05, 3.63) is 34.9 Å². The first-order valence-electron chi connectivity index (χ1n) is 10.3. The maximum absolute atomic E-state index is 13.7. The minimum atomic E-state index is -4.88. The Bertz CT molecular complexity index is 884. The number of carbonyl (C=O) groups excluding carboxylic acids is 1. The molecule has 3 atom stereocenters. The van der Waals surface area contributed by atoms with Gasteiger partial charge in [0.25, 0.3) is 0 Å². The van der Waals surface area contributed by atoms with Crippen LogP contribution in [-0.2, 0) is 11.0 Å². The Labute approximate surface area is 182 Å². The number of hydrogen-bond acceptors (Lipinski definition) is 4. The van der Waals surface area contributed by atoms with Gasteiger partial charge in [0.2, 0.25) is 5.91 Å². The van der Waals surface area contributed by atoms with E-state index in [4.69, 9.17) is 5.26 Å². The molecule has 2 aliphatic rings. The highest BCUT2D eigenvalue weighted by molar-refractivity contribution is 5.82. The summed E-state index contributed by atoms with van der Waals surface area (Å²) in [4.78, 5) is 16.6. The quantitative estimate of drug-likeness (QED) is 0.699. The summed E-state index contributed by atoms with van der Waals surface area (Å²) < 4.78 is 81.1. The van der Waals surface area contributed by atoms with E-state index in [1.54, 1.807) is 0 Å². The van der Waals surface area contributed by atoms with Gasteiger partial charge in [0, 0.05) is 38.1 Å². The molecular formula is C21H24F6N4O. The summed E-state index contributed by atoms with van der Waals surface area (Å²) in [6.45, 7) is 6.00. The molecule has 1 aromatic carbocycles. The number of nitrogens with zero attached hydrogens (tertiary/aromatic N) is 3. The van der Waals surface area contributed by atoms with E-state index < -0.39 is 47.4 Å². The van der Waals surface area contributed by atoms with Gasteiger partial charge >= 0.3 is 12.4 Å². The van der Waals surface area contributed by atoms with Crippen LogP contribution in [-0.4, -0.2) is 66.2 Å². The number of nitrogens with one attached hydrogen (secondary N) is 1. The van der Waals surface area contributed by atoms with Crippen molar-refractivity contribution in [2.45, 2.75) is 56.7 Å². The van der Waals surface area contributed by atoms with Gasteiger partial charge in [0.1, 0.15) is 6.04 Å². The number of halogens is 6. The molecule has 176 valence electrons. The SMILES string of the molecule is CC(C)N1CCN(C(=O)C2CC(c3ccc(C#N)c(C(F)(F)F)c3)C(C(F)(F)F)N2)CC1. The van der Waals surface area contributed by atoms with Crippen LogP contribution >= 0.6 is 0 Å². The van der Waals surface area contributed by atoms with Crippen molar-refractivity contribution in [1.29, 1.82) is 5.26 Å². The van der Waals surface area contributed by atoms with Gasteiger partial charge in [-0.15, -0.1) is 0 Å². The lowest BCUT2D eigenvalue weighted by atomic mass is 9.88. The van der Waals surface area contributed by atoms with Crippen LogP contribution < -0.4 is 5.32 Å². The van der Waals surface area contributed by atoms with Crippen LogP contribution in [0.2, 0.25) is 0 Å². The fourth-order valence-corrected chi connectivity index (χ4v) is 4.42. The first kappa shape index (κ1) is 24.3. The molecule has 5 nitrogen and oxygen atoms in total. The Hall–Kier alpha value is -2.32. The third kappa shape index (κ3) is 5.02. The first-order chi connectivity index (χ1) is 14.8. The second-order valence-corrected chi connectivity index (χ2v) is 8.45. The minimum absolute atomic E-state index is 0.203. The Kier molecular flexibility index (Phi) is 6.77. The third-order valence-corrected chi connectivity index (χ3v) is 6.18. The van der Waals surface area contributed by atoms with Crippen LogP contribution in [0.3, 0.4) is 0 Å². The van der Waals surface area contributed by atoms with Crippen LogP contribution in [0.15, 0.2) is 18.2 Å². The van der Waals surface area contributed by atoms with E-state index in [1.807, 2.05) is 13.8 Å². The highest BCUT2D eigenvalue weighted by Crippen LogP contribution is 2.42. The summed E-state index contributed by atoms with van der Waals surface area (Å²) in [6, 6.07) is 0.972. The molecule has 2 heterocycles. The molecule has 0 aliphatic carbocycles. The molecule has 0 radical (unpaired) electrons. The number of amides is 1. The summed E-state index contributed by atoms with van der Waals surface area (Å²) in [7, 11) is 0. The summed E-state index contributed by atoms with van der Waals surface area (Å²) >= 11 is 0. The lowest BCUT2D eigenvalue weighted by Crippen LogP contribution is -2.55. The topological polar surface area (TPSA) is 59.4 Å². The van der Waals surface area contributed by atoms with Crippen molar-refractivity contribution in [3.8, 4) is 6.07 Å². The van der Waals surface area contributed by atoms with Crippen molar-refractivity contribution in [2.24, 2.45) is 0 Å². The largest absolute Gasteiger partial charge is 0.417 e. The predicted molar refractivity (Wildman–Crippen MR) is 104 cm³/mol. The third-order valence-electron chi connectivity index (χ3n) is 6.18. The molecule has 32 heavy (non-hydrogen) atoms. The second-order valence-electron chi connectivity index (χ2n) is 8.45. The van der Waals surface area contributed by atoms with Crippen LogP contribution in [0.4, 0.5) is 26.3 Å². The normalized spacial score (nSPS) is 25.2. The Morgan fingerprint density at radius 3 is 2.25 bits per heavy atom. The van der Waals surface area contributed by atoms with E-state index in [1.165, 1.54) is 11.0 Å². The zero-order chi connectivity index (χ0) is 23.8. The summed E-state index contributed by atoms with van der Waals surface area (Å²) in [5.41, 5.74) is -2.14. The number of rotatable bonds is 3. The smallest absolute Gasteiger partial charge is 0.339 e. The summed E-state index contributed by atoms with van der Waals surface area (Å²) in [5.74, 6) is -1.86. The van der Waals surface area contributed by atoms with Gasteiger partial charge < -0.3 is 4.90 Å². The lowest BCUT2D eigenvalue weighted by molar-refractivity contribution is -0.157. The fraction of sp³-hybridized carbons (Fsp3) is 0.619. The molecule has 0 bridgehead atoms. The molecule has 3 unspecified atom stereocenters. The molecular weight excluding hydrogens is 438 g/mol. The van der Waals surface area contributed by atoms with Crippen molar-refractivity contribution >= 4 is 5.91 Å². The van der Waals surface area contributed by atoms with Gasteiger partial charge in [0.15, 0.2) is 0 Å². The summed E-state index contributed by atoms with van der Waals surface area (Å²) in [6.07, 6.45) is -9.93. The monoisotopic (exact) mass is 462 g/mol. The fourth-order valence-electron chi connectivity index (χ4n) is 4.42. The van der Waals surface area contributed by atoms with Crippen LogP contribution in [0.5, 0.6) is 0 Å². The number of alkyl halides is 6. The number of benzene rings is 1. The minimum Gasteiger partial charge on any atom is -0.339 e. The molecule has 3 rings (SSSR count). The predicted octanol–water partition coefficient (Wildman–Crippen LogP) is 3.51. The number of piperazine rings is 1. The number of hydrogen-bond donors (Lipinski definition) is 1.